The van der Waals surface area contributed by atoms with Gasteiger partial charge < -0.3 is 9.64 Å². The Balaban J connectivity index is 1.71. The van der Waals surface area contributed by atoms with Crippen LogP contribution in [0.25, 0.3) is 0 Å². The first-order chi connectivity index (χ1) is 11.2. The Bertz CT molecular complexity index is 635. The maximum atomic E-state index is 5.89. The van der Waals surface area contributed by atoms with Crippen molar-refractivity contribution in [2.75, 3.05) is 20.7 Å². The molecule has 0 N–H and O–H groups in total. The molecule has 4 aliphatic rings. The van der Waals surface area contributed by atoms with Crippen molar-refractivity contribution in [1.29, 1.82) is 0 Å². The van der Waals surface area contributed by atoms with Gasteiger partial charge in [0.15, 0.2) is 0 Å². The van der Waals surface area contributed by atoms with Gasteiger partial charge in [-0.3, -0.25) is 0 Å². The Morgan fingerprint density at radius 2 is 2.00 bits per heavy atom. The molecule has 3 atom stereocenters. The molecule has 1 aromatic carbocycles. The van der Waals surface area contributed by atoms with Crippen LogP contribution >= 0.6 is 0 Å². The predicted molar refractivity (Wildman–Crippen MR) is 93.3 cm³/mol. The molecule has 2 bridgehead atoms. The molecule has 0 spiro atoms. The Hall–Kier alpha value is -1.02. The van der Waals surface area contributed by atoms with Crippen molar-refractivity contribution in [1.82, 2.24) is 4.90 Å². The fourth-order valence-corrected chi connectivity index (χ4v) is 6.12. The molecule has 1 aromatic rings. The lowest BCUT2D eigenvalue weighted by molar-refractivity contribution is 0.00222. The van der Waals surface area contributed by atoms with Gasteiger partial charge in [-0.25, -0.2) is 0 Å². The van der Waals surface area contributed by atoms with Crippen molar-refractivity contribution in [2.24, 2.45) is 5.92 Å². The van der Waals surface area contributed by atoms with Crippen molar-refractivity contribution in [3.8, 4) is 5.75 Å². The molecule has 0 radical (unpaired) electrons. The lowest BCUT2D eigenvalue weighted by Gasteiger charge is -2.58. The molecule has 0 unspecified atom stereocenters. The van der Waals surface area contributed by atoms with Gasteiger partial charge in [-0.05, 0) is 86.7 Å². The van der Waals surface area contributed by atoms with E-state index in [1.807, 2.05) is 7.11 Å². The summed E-state index contributed by atoms with van der Waals surface area (Å²) in [6.45, 7) is 1.27. The molecule has 5 rings (SSSR count). The maximum absolute atomic E-state index is 5.89. The van der Waals surface area contributed by atoms with Gasteiger partial charge in [-0.2, -0.15) is 0 Å². The SMILES string of the molecule is COc1cc(C2CC2)cc2c1C[C@@H]1[C@@H]3CCCC[C@]23CCN1C. The summed E-state index contributed by atoms with van der Waals surface area (Å²) in [7, 11) is 4.22. The fourth-order valence-electron chi connectivity index (χ4n) is 6.12. The van der Waals surface area contributed by atoms with E-state index in [1.165, 1.54) is 63.7 Å². The van der Waals surface area contributed by atoms with Gasteiger partial charge in [-0.1, -0.05) is 18.9 Å². The number of likely N-dealkylation sites (N-methyl/N-ethyl adjacent to an activating group) is 1. The first kappa shape index (κ1) is 14.3. The van der Waals surface area contributed by atoms with Crippen LogP contribution in [0.5, 0.6) is 5.75 Å². The molecule has 1 saturated heterocycles. The number of rotatable bonds is 2. The van der Waals surface area contributed by atoms with Gasteiger partial charge >= 0.3 is 0 Å². The third kappa shape index (κ3) is 1.97. The summed E-state index contributed by atoms with van der Waals surface area (Å²) in [6, 6.07) is 5.72. The number of piperidine rings is 1. The van der Waals surface area contributed by atoms with Crippen LogP contribution in [0.1, 0.15) is 67.6 Å². The van der Waals surface area contributed by atoms with Gasteiger partial charge in [0, 0.05) is 11.5 Å². The molecule has 23 heavy (non-hydrogen) atoms. The van der Waals surface area contributed by atoms with Crippen LogP contribution in [0.2, 0.25) is 0 Å². The molecule has 1 aliphatic heterocycles. The molecule has 3 aliphatic carbocycles. The van der Waals surface area contributed by atoms with E-state index in [2.05, 4.69) is 24.1 Å². The van der Waals surface area contributed by atoms with Crippen LogP contribution in [-0.2, 0) is 11.8 Å². The zero-order valence-corrected chi connectivity index (χ0v) is 14.6. The molecule has 124 valence electrons. The standard InChI is InChI=1S/C21H29NO/c1-22-10-9-21-8-4-3-5-17(21)19(22)13-16-18(21)11-15(14-6-7-14)12-20(16)23-2/h11-12,14,17,19H,3-10,13H2,1-2H3/t17-,19+,21+/m0/s1. The van der Waals surface area contributed by atoms with E-state index in [4.69, 9.17) is 4.74 Å². The minimum Gasteiger partial charge on any atom is -0.496 e. The number of methoxy groups -OCH3 is 1. The Labute approximate surface area is 140 Å². The average Bonchev–Trinajstić information content (AvgIpc) is 3.42. The van der Waals surface area contributed by atoms with Crippen LogP contribution in [0, 0.1) is 5.92 Å². The zero-order chi connectivity index (χ0) is 15.6. The monoisotopic (exact) mass is 311 g/mol. The molecule has 0 aromatic heterocycles. The fraction of sp³-hybridized carbons (Fsp3) is 0.714. The summed E-state index contributed by atoms with van der Waals surface area (Å²) in [4.78, 5) is 2.64. The van der Waals surface area contributed by atoms with Crippen molar-refractivity contribution in [3.63, 3.8) is 0 Å². The molecule has 1 heterocycles. The summed E-state index contributed by atoms with van der Waals surface area (Å²) in [5.41, 5.74) is 5.28. The van der Waals surface area contributed by atoms with Crippen molar-refractivity contribution in [2.45, 2.75) is 68.7 Å². The van der Waals surface area contributed by atoms with Gasteiger partial charge in [-0.15, -0.1) is 0 Å². The van der Waals surface area contributed by atoms with Gasteiger partial charge in [0.1, 0.15) is 5.75 Å². The minimum atomic E-state index is 0.460. The lowest BCUT2D eigenvalue weighted by atomic mass is 9.52. The van der Waals surface area contributed by atoms with Crippen molar-refractivity contribution in [3.05, 3.63) is 28.8 Å². The molecule has 2 heteroatoms. The summed E-state index contributed by atoms with van der Waals surface area (Å²) < 4.78 is 5.89. The number of hydrogen-bond acceptors (Lipinski definition) is 2. The number of likely N-dealkylation sites (tertiary alicyclic amines) is 1. The highest BCUT2D eigenvalue weighted by atomic mass is 16.5. The van der Waals surface area contributed by atoms with Gasteiger partial charge in [0.25, 0.3) is 0 Å². The highest BCUT2D eigenvalue weighted by Gasteiger charge is 2.53. The first-order valence-corrected chi connectivity index (χ1v) is 9.64. The third-order valence-electron chi connectivity index (χ3n) is 7.49. The van der Waals surface area contributed by atoms with Crippen LogP contribution in [0.3, 0.4) is 0 Å². The molecule has 0 amide bonds. The van der Waals surface area contributed by atoms with Gasteiger partial charge in [0.05, 0.1) is 7.11 Å². The number of ether oxygens (including phenoxy) is 1. The maximum Gasteiger partial charge on any atom is 0.122 e. The van der Waals surface area contributed by atoms with E-state index in [0.717, 1.165) is 17.9 Å². The number of fused-ring (bicyclic) bond motifs is 1. The quantitative estimate of drug-likeness (QED) is 0.809. The third-order valence-corrected chi connectivity index (χ3v) is 7.49. The molecule has 2 saturated carbocycles. The highest BCUT2D eigenvalue weighted by molar-refractivity contribution is 5.52. The van der Waals surface area contributed by atoms with Gasteiger partial charge in [0.2, 0.25) is 0 Å². The van der Waals surface area contributed by atoms with Crippen molar-refractivity contribution >= 4 is 0 Å². The molecule has 3 fully saturated rings. The Morgan fingerprint density at radius 1 is 1.13 bits per heavy atom. The predicted octanol–water partition coefficient (Wildman–Crippen LogP) is 4.26. The summed E-state index contributed by atoms with van der Waals surface area (Å²) >= 11 is 0. The number of nitrogens with zero attached hydrogens (tertiary/aromatic N) is 1. The second-order valence-corrected chi connectivity index (χ2v) is 8.53. The van der Waals surface area contributed by atoms with E-state index in [0.29, 0.717) is 5.41 Å². The highest BCUT2D eigenvalue weighted by Crippen LogP contribution is 2.57. The van der Waals surface area contributed by atoms with Crippen LogP contribution in [0.4, 0.5) is 0 Å². The molecular formula is C21H29NO. The van der Waals surface area contributed by atoms with E-state index in [-0.39, 0.29) is 0 Å². The van der Waals surface area contributed by atoms with Crippen LogP contribution in [0.15, 0.2) is 12.1 Å². The second-order valence-electron chi connectivity index (χ2n) is 8.53. The number of hydrogen-bond donors (Lipinski definition) is 0. The van der Waals surface area contributed by atoms with Crippen LogP contribution in [-0.4, -0.2) is 31.6 Å². The second kappa shape index (κ2) is 4.99. The topological polar surface area (TPSA) is 12.5 Å². The molecular weight excluding hydrogens is 282 g/mol. The molecule has 2 nitrogen and oxygen atoms in total. The van der Waals surface area contributed by atoms with E-state index in [1.54, 1.807) is 16.7 Å². The van der Waals surface area contributed by atoms with E-state index >= 15 is 0 Å². The Kier molecular flexibility index (Phi) is 3.11. The smallest absolute Gasteiger partial charge is 0.122 e. The summed E-state index contributed by atoms with van der Waals surface area (Å²) in [5, 5.41) is 0. The minimum absolute atomic E-state index is 0.460. The van der Waals surface area contributed by atoms with Crippen LogP contribution < -0.4 is 4.74 Å². The summed E-state index contributed by atoms with van der Waals surface area (Å²) in [6.07, 6.45) is 11.0. The largest absolute Gasteiger partial charge is 0.496 e. The number of benzene rings is 1. The van der Waals surface area contributed by atoms with E-state index in [9.17, 15) is 0 Å². The summed E-state index contributed by atoms with van der Waals surface area (Å²) in [5.74, 6) is 2.88. The normalized spacial score (nSPS) is 36.3. The lowest BCUT2D eigenvalue weighted by Crippen LogP contribution is -2.59. The Morgan fingerprint density at radius 3 is 2.78 bits per heavy atom. The first-order valence-electron chi connectivity index (χ1n) is 9.64. The van der Waals surface area contributed by atoms with Crippen molar-refractivity contribution < 1.29 is 4.74 Å². The average molecular weight is 311 g/mol. The zero-order valence-electron chi connectivity index (χ0n) is 14.6. The van der Waals surface area contributed by atoms with E-state index < -0.39 is 0 Å².